The van der Waals surface area contributed by atoms with E-state index in [-0.39, 0.29) is 12.3 Å². The minimum absolute atomic E-state index is 0.175. The molecule has 18 heavy (non-hydrogen) atoms. The Kier molecular flexibility index (Phi) is 4.32. The minimum atomic E-state index is -0.175. The van der Waals surface area contributed by atoms with Gasteiger partial charge in [-0.1, -0.05) is 0 Å². The van der Waals surface area contributed by atoms with Crippen LogP contribution in [0.5, 0.6) is 0 Å². The van der Waals surface area contributed by atoms with Crippen LogP contribution in [0.1, 0.15) is 10.7 Å². The van der Waals surface area contributed by atoms with E-state index in [2.05, 4.69) is 20.3 Å². The molecule has 2 heterocycles. The lowest BCUT2D eigenvalue weighted by atomic mass is 10.3. The normalized spacial score (nSPS) is 10.3. The molecule has 7 heteroatoms. The Bertz CT molecular complexity index is 513. The number of thiazole rings is 1. The molecule has 0 unspecified atom stereocenters. The van der Waals surface area contributed by atoms with Crippen LogP contribution in [-0.2, 0) is 17.6 Å². The predicted octanol–water partition coefficient (Wildman–Crippen LogP) is 0.615. The van der Waals surface area contributed by atoms with Gasteiger partial charge in [0, 0.05) is 24.2 Å². The van der Waals surface area contributed by atoms with Gasteiger partial charge >= 0.3 is 0 Å². The van der Waals surface area contributed by atoms with Crippen LogP contribution < -0.4 is 11.1 Å². The van der Waals surface area contributed by atoms with E-state index in [1.165, 1.54) is 11.3 Å². The highest BCUT2D eigenvalue weighted by atomic mass is 32.1. The van der Waals surface area contributed by atoms with Gasteiger partial charge in [-0.3, -0.25) is 10.1 Å². The topological polar surface area (TPSA) is 93.8 Å². The second-order valence-electron chi connectivity index (χ2n) is 3.57. The number of nitrogens with one attached hydrogen (secondary N) is 1. The van der Waals surface area contributed by atoms with Gasteiger partial charge in [0.25, 0.3) is 0 Å². The van der Waals surface area contributed by atoms with Crippen molar-refractivity contribution < 1.29 is 4.79 Å². The standard InChI is InChI=1S/C11H13N5OS/c12-3-2-10-15-8(7-18-10)6-9(17)16-11-13-4-1-5-14-11/h1,4-5,7H,2-3,6,12H2,(H,13,14,16,17). The molecule has 0 aliphatic heterocycles. The highest BCUT2D eigenvalue weighted by molar-refractivity contribution is 7.09. The Hall–Kier alpha value is -1.86. The van der Waals surface area contributed by atoms with Crippen LogP contribution in [0.2, 0.25) is 0 Å². The van der Waals surface area contributed by atoms with Crippen LogP contribution in [0.25, 0.3) is 0 Å². The van der Waals surface area contributed by atoms with Gasteiger partial charge in [0.15, 0.2) is 0 Å². The van der Waals surface area contributed by atoms with Crippen LogP contribution in [0.15, 0.2) is 23.8 Å². The van der Waals surface area contributed by atoms with Crippen molar-refractivity contribution in [1.29, 1.82) is 0 Å². The summed E-state index contributed by atoms with van der Waals surface area (Å²) in [5.41, 5.74) is 6.19. The zero-order chi connectivity index (χ0) is 12.8. The molecule has 0 radical (unpaired) electrons. The second-order valence-corrected chi connectivity index (χ2v) is 4.51. The smallest absolute Gasteiger partial charge is 0.232 e. The Labute approximate surface area is 108 Å². The average molecular weight is 263 g/mol. The van der Waals surface area contributed by atoms with Crippen molar-refractivity contribution in [1.82, 2.24) is 15.0 Å². The summed E-state index contributed by atoms with van der Waals surface area (Å²) < 4.78 is 0. The fourth-order valence-electron chi connectivity index (χ4n) is 1.37. The van der Waals surface area contributed by atoms with Crippen molar-refractivity contribution in [3.05, 3.63) is 34.5 Å². The van der Waals surface area contributed by atoms with Crippen molar-refractivity contribution in [2.75, 3.05) is 11.9 Å². The summed E-state index contributed by atoms with van der Waals surface area (Å²) in [7, 11) is 0. The second kappa shape index (κ2) is 6.18. The van der Waals surface area contributed by atoms with Gasteiger partial charge in [0.1, 0.15) is 0 Å². The molecule has 0 saturated heterocycles. The fraction of sp³-hybridized carbons (Fsp3) is 0.273. The van der Waals surface area contributed by atoms with E-state index in [4.69, 9.17) is 5.73 Å². The lowest BCUT2D eigenvalue weighted by molar-refractivity contribution is -0.115. The van der Waals surface area contributed by atoms with Crippen molar-refractivity contribution in [2.45, 2.75) is 12.8 Å². The summed E-state index contributed by atoms with van der Waals surface area (Å²) >= 11 is 1.52. The third kappa shape index (κ3) is 3.57. The van der Waals surface area contributed by atoms with Crippen molar-refractivity contribution in [3.8, 4) is 0 Å². The molecule has 1 amide bonds. The Morgan fingerprint density at radius 2 is 2.17 bits per heavy atom. The Morgan fingerprint density at radius 1 is 1.39 bits per heavy atom. The molecule has 2 aromatic heterocycles. The highest BCUT2D eigenvalue weighted by Gasteiger charge is 2.08. The van der Waals surface area contributed by atoms with Gasteiger partial charge in [-0.25, -0.2) is 15.0 Å². The number of hydrogen-bond acceptors (Lipinski definition) is 6. The minimum Gasteiger partial charge on any atom is -0.330 e. The number of amides is 1. The lowest BCUT2D eigenvalue weighted by Gasteiger charge is -2.00. The van der Waals surface area contributed by atoms with Crippen LogP contribution in [0.3, 0.4) is 0 Å². The first kappa shape index (κ1) is 12.6. The van der Waals surface area contributed by atoms with Gasteiger partial charge in [-0.05, 0) is 12.6 Å². The molecule has 2 rings (SSSR count). The summed E-state index contributed by atoms with van der Waals surface area (Å²) in [6, 6.07) is 1.69. The van der Waals surface area contributed by atoms with Crippen LogP contribution in [0.4, 0.5) is 5.95 Å². The molecule has 0 fully saturated rings. The van der Waals surface area contributed by atoms with Crippen molar-refractivity contribution in [2.24, 2.45) is 5.73 Å². The molecule has 0 spiro atoms. The van der Waals surface area contributed by atoms with Crippen molar-refractivity contribution in [3.63, 3.8) is 0 Å². The molecule has 0 atom stereocenters. The molecule has 0 saturated carbocycles. The van der Waals surface area contributed by atoms with E-state index in [0.29, 0.717) is 12.5 Å². The first-order valence-electron chi connectivity index (χ1n) is 5.48. The van der Waals surface area contributed by atoms with Gasteiger partial charge < -0.3 is 5.73 Å². The van der Waals surface area contributed by atoms with E-state index < -0.39 is 0 Å². The maximum atomic E-state index is 11.7. The lowest BCUT2D eigenvalue weighted by Crippen LogP contribution is -2.16. The van der Waals surface area contributed by atoms with Crippen LogP contribution >= 0.6 is 11.3 Å². The molecule has 6 nitrogen and oxygen atoms in total. The molecular weight excluding hydrogens is 250 g/mol. The van der Waals surface area contributed by atoms with Gasteiger partial charge in [0.05, 0.1) is 17.1 Å². The maximum absolute atomic E-state index is 11.7. The maximum Gasteiger partial charge on any atom is 0.232 e. The number of nitrogens with zero attached hydrogens (tertiary/aromatic N) is 3. The first-order valence-corrected chi connectivity index (χ1v) is 6.36. The van der Waals surface area contributed by atoms with E-state index in [1.807, 2.05) is 5.38 Å². The first-order chi connectivity index (χ1) is 8.78. The molecule has 94 valence electrons. The number of hydrogen-bond donors (Lipinski definition) is 2. The molecule has 0 aliphatic carbocycles. The molecular formula is C11H13N5OS. The third-order valence-corrected chi connectivity index (χ3v) is 3.07. The molecule has 0 bridgehead atoms. The zero-order valence-corrected chi connectivity index (χ0v) is 10.5. The number of anilines is 1. The van der Waals surface area contributed by atoms with Gasteiger partial charge in [-0.2, -0.15) is 0 Å². The number of nitrogens with two attached hydrogens (primary N) is 1. The number of carbonyl (C=O) groups is 1. The van der Waals surface area contributed by atoms with E-state index in [9.17, 15) is 4.79 Å². The zero-order valence-electron chi connectivity index (χ0n) is 9.67. The SMILES string of the molecule is NCCc1nc(CC(=O)Nc2ncccn2)cs1. The van der Waals surface area contributed by atoms with E-state index >= 15 is 0 Å². The number of carbonyl (C=O) groups excluding carboxylic acids is 1. The molecule has 0 aliphatic rings. The average Bonchev–Trinajstić information content (AvgIpc) is 2.78. The quantitative estimate of drug-likeness (QED) is 0.824. The Morgan fingerprint density at radius 3 is 2.89 bits per heavy atom. The number of aromatic nitrogens is 3. The largest absolute Gasteiger partial charge is 0.330 e. The summed E-state index contributed by atoms with van der Waals surface area (Å²) in [6.45, 7) is 0.566. The van der Waals surface area contributed by atoms with Gasteiger partial charge in [0.2, 0.25) is 11.9 Å². The molecule has 2 aromatic rings. The Balaban J connectivity index is 1.90. The fourth-order valence-corrected chi connectivity index (χ4v) is 2.18. The monoisotopic (exact) mass is 263 g/mol. The summed E-state index contributed by atoms with van der Waals surface area (Å²) in [4.78, 5) is 23.9. The highest BCUT2D eigenvalue weighted by Crippen LogP contribution is 2.11. The summed E-state index contributed by atoms with van der Waals surface area (Å²) in [5.74, 6) is 0.130. The predicted molar refractivity (Wildman–Crippen MR) is 69.2 cm³/mol. The third-order valence-electron chi connectivity index (χ3n) is 2.12. The summed E-state index contributed by atoms with van der Waals surface area (Å²) in [5, 5.41) is 5.44. The van der Waals surface area contributed by atoms with Gasteiger partial charge in [-0.15, -0.1) is 11.3 Å². The number of rotatable bonds is 5. The van der Waals surface area contributed by atoms with Crippen LogP contribution in [0, 0.1) is 0 Å². The molecule has 0 aromatic carbocycles. The van der Waals surface area contributed by atoms with E-state index in [0.717, 1.165) is 17.1 Å². The van der Waals surface area contributed by atoms with Crippen LogP contribution in [-0.4, -0.2) is 27.4 Å². The molecule has 3 N–H and O–H groups in total. The van der Waals surface area contributed by atoms with E-state index in [1.54, 1.807) is 18.5 Å². The van der Waals surface area contributed by atoms with Crippen molar-refractivity contribution >= 4 is 23.2 Å². The summed E-state index contributed by atoms with van der Waals surface area (Å²) in [6.07, 6.45) is 4.11.